The largest absolute Gasteiger partial charge is 0.361 e. The van der Waals surface area contributed by atoms with Crippen LogP contribution in [-0.2, 0) is 17.6 Å². The number of amides is 1. The van der Waals surface area contributed by atoms with Crippen LogP contribution in [0.2, 0.25) is 5.02 Å². The van der Waals surface area contributed by atoms with E-state index in [2.05, 4.69) is 40.4 Å². The number of nitrogens with one attached hydrogen (secondary N) is 2. The third-order valence-corrected chi connectivity index (χ3v) is 6.03. The van der Waals surface area contributed by atoms with E-state index in [1.807, 2.05) is 48.7 Å². The number of hydrogen-bond acceptors (Lipinski definition) is 2. The molecule has 0 spiro atoms. The number of aromatic nitrogens is 2. The summed E-state index contributed by atoms with van der Waals surface area (Å²) >= 11 is 6.56. The average molecular weight is 432 g/mol. The van der Waals surface area contributed by atoms with E-state index in [4.69, 9.17) is 11.6 Å². The van der Waals surface area contributed by atoms with E-state index in [1.54, 1.807) is 6.20 Å². The Bertz CT molecular complexity index is 1170. The van der Waals surface area contributed by atoms with Gasteiger partial charge in [-0.05, 0) is 41.3 Å². The summed E-state index contributed by atoms with van der Waals surface area (Å²) < 4.78 is 0. The minimum absolute atomic E-state index is 0.00171. The Balaban J connectivity index is 1.59. The molecule has 4 aromatic rings. The van der Waals surface area contributed by atoms with E-state index in [9.17, 15) is 4.79 Å². The predicted molar refractivity (Wildman–Crippen MR) is 127 cm³/mol. The molecule has 0 saturated carbocycles. The van der Waals surface area contributed by atoms with Gasteiger partial charge >= 0.3 is 0 Å². The first-order valence-corrected chi connectivity index (χ1v) is 11.0. The molecule has 1 unspecified atom stereocenters. The molecule has 31 heavy (non-hydrogen) atoms. The quantitative estimate of drug-likeness (QED) is 0.378. The highest BCUT2D eigenvalue weighted by molar-refractivity contribution is 6.31. The normalized spacial score (nSPS) is 12.1. The number of nitrogens with zero attached hydrogens (tertiary/aromatic N) is 1. The van der Waals surface area contributed by atoms with Crippen LogP contribution in [0.1, 0.15) is 41.6 Å². The number of rotatable bonds is 8. The second-order valence-corrected chi connectivity index (χ2v) is 8.04. The number of aryl methyl sites for hydroxylation is 1. The fraction of sp³-hybridized carbons (Fsp3) is 0.231. The minimum atomic E-state index is -0.135. The van der Waals surface area contributed by atoms with Crippen molar-refractivity contribution in [2.45, 2.75) is 32.1 Å². The van der Waals surface area contributed by atoms with Crippen LogP contribution in [0.3, 0.4) is 0 Å². The van der Waals surface area contributed by atoms with Gasteiger partial charge in [-0.15, -0.1) is 0 Å². The van der Waals surface area contributed by atoms with Crippen molar-refractivity contribution >= 4 is 28.4 Å². The standard InChI is InChI=1S/C26H26ClN3O/c1-2-18-8-7-11-21-23(17-30-26(18)21)22(20-10-3-4-12-24(20)27)16-25(31)29-15-13-19-9-5-6-14-28-19/h3-12,14,17,22,30H,2,13,15-16H2,1H3,(H,29,31). The number of hydrogen-bond donors (Lipinski definition) is 2. The summed E-state index contributed by atoms with van der Waals surface area (Å²) in [5.41, 5.74) is 5.42. The average Bonchev–Trinajstić information content (AvgIpc) is 3.23. The topological polar surface area (TPSA) is 57.8 Å². The molecule has 1 atom stereocenters. The number of pyridine rings is 1. The van der Waals surface area contributed by atoms with Gasteiger partial charge in [-0.3, -0.25) is 9.78 Å². The van der Waals surface area contributed by atoms with Crippen molar-refractivity contribution in [2.75, 3.05) is 6.54 Å². The van der Waals surface area contributed by atoms with Gasteiger partial charge in [-0.2, -0.15) is 0 Å². The van der Waals surface area contributed by atoms with Crippen LogP contribution in [0.5, 0.6) is 0 Å². The highest BCUT2D eigenvalue weighted by atomic mass is 35.5. The first kappa shape index (κ1) is 21.1. The van der Waals surface area contributed by atoms with Gasteiger partial charge in [-0.25, -0.2) is 0 Å². The fourth-order valence-corrected chi connectivity index (χ4v) is 4.37. The summed E-state index contributed by atoms with van der Waals surface area (Å²) in [6.07, 6.45) is 5.78. The third-order valence-electron chi connectivity index (χ3n) is 5.69. The van der Waals surface area contributed by atoms with E-state index >= 15 is 0 Å². The van der Waals surface area contributed by atoms with Crippen molar-refractivity contribution in [3.8, 4) is 0 Å². The number of fused-ring (bicyclic) bond motifs is 1. The van der Waals surface area contributed by atoms with Crippen LogP contribution in [0.4, 0.5) is 0 Å². The summed E-state index contributed by atoms with van der Waals surface area (Å²) in [5.74, 6) is -0.133. The number of para-hydroxylation sites is 1. The van der Waals surface area contributed by atoms with Crippen LogP contribution >= 0.6 is 11.6 Å². The first-order valence-electron chi connectivity index (χ1n) is 10.7. The maximum Gasteiger partial charge on any atom is 0.220 e. The molecule has 5 heteroatoms. The molecule has 2 aromatic carbocycles. The van der Waals surface area contributed by atoms with Gasteiger partial charge < -0.3 is 10.3 Å². The van der Waals surface area contributed by atoms with Crippen molar-refractivity contribution in [1.29, 1.82) is 0 Å². The summed E-state index contributed by atoms with van der Waals surface area (Å²) in [6.45, 7) is 2.70. The van der Waals surface area contributed by atoms with Gasteiger partial charge in [0, 0.05) is 59.3 Å². The highest BCUT2D eigenvalue weighted by Crippen LogP contribution is 2.37. The molecule has 1 amide bonds. The van der Waals surface area contributed by atoms with Gasteiger partial charge in [0.05, 0.1) is 0 Å². The zero-order valence-electron chi connectivity index (χ0n) is 17.6. The van der Waals surface area contributed by atoms with Gasteiger partial charge in [0.15, 0.2) is 0 Å². The van der Waals surface area contributed by atoms with E-state index in [0.29, 0.717) is 24.4 Å². The fourth-order valence-electron chi connectivity index (χ4n) is 4.10. The van der Waals surface area contributed by atoms with Crippen molar-refractivity contribution in [2.24, 2.45) is 0 Å². The lowest BCUT2D eigenvalue weighted by molar-refractivity contribution is -0.121. The second-order valence-electron chi connectivity index (χ2n) is 7.64. The number of benzene rings is 2. The molecule has 0 saturated heterocycles. The molecule has 158 valence electrons. The predicted octanol–water partition coefficient (Wildman–Crippen LogP) is 5.66. The van der Waals surface area contributed by atoms with Gasteiger partial charge in [0.1, 0.15) is 0 Å². The van der Waals surface area contributed by atoms with Crippen LogP contribution in [-0.4, -0.2) is 22.4 Å². The molecule has 2 aromatic heterocycles. The third kappa shape index (κ3) is 4.80. The Hall–Kier alpha value is -3.11. The summed E-state index contributed by atoms with van der Waals surface area (Å²) in [6, 6.07) is 19.9. The van der Waals surface area contributed by atoms with E-state index in [1.165, 1.54) is 5.56 Å². The van der Waals surface area contributed by atoms with E-state index < -0.39 is 0 Å². The van der Waals surface area contributed by atoms with E-state index in [-0.39, 0.29) is 11.8 Å². The summed E-state index contributed by atoms with van der Waals surface area (Å²) in [7, 11) is 0. The van der Waals surface area contributed by atoms with E-state index in [0.717, 1.165) is 34.1 Å². The molecule has 0 bridgehead atoms. The van der Waals surface area contributed by atoms with Gasteiger partial charge in [0.25, 0.3) is 0 Å². The molecular formula is C26H26ClN3O. The van der Waals surface area contributed by atoms with Gasteiger partial charge in [0.2, 0.25) is 5.91 Å². The Morgan fingerprint density at radius 1 is 1.06 bits per heavy atom. The molecule has 0 fully saturated rings. The van der Waals surface area contributed by atoms with Crippen LogP contribution in [0, 0.1) is 0 Å². The number of carbonyl (C=O) groups excluding carboxylic acids is 1. The number of halogens is 1. The lowest BCUT2D eigenvalue weighted by atomic mass is 9.87. The minimum Gasteiger partial charge on any atom is -0.361 e. The maximum atomic E-state index is 12.9. The molecule has 0 aliphatic carbocycles. The first-order chi connectivity index (χ1) is 15.2. The molecule has 0 aliphatic rings. The van der Waals surface area contributed by atoms with Crippen LogP contribution in [0.15, 0.2) is 73.1 Å². The monoisotopic (exact) mass is 431 g/mol. The maximum absolute atomic E-state index is 12.9. The Kier molecular flexibility index (Phi) is 6.68. The van der Waals surface area contributed by atoms with Crippen molar-refractivity contribution in [3.63, 3.8) is 0 Å². The lowest BCUT2D eigenvalue weighted by Gasteiger charge is -2.18. The molecule has 0 radical (unpaired) electrons. The lowest BCUT2D eigenvalue weighted by Crippen LogP contribution is -2.27. The summed E-state index contributed by atoms with van der Waals surface area (Å²) in [4.78, 5) is 20.6. The number of H-pyrrole nitrogens is 1. The zero-order chi connectivity index (χ0) is 21.6. The van der Waals surface area contributed by atoms with Crippen molar-refractivity contribution in [1.82, 2.24) is 15.3 Å². The smallest absolute Gasteiger partial charge is 0.220 e. The molecule has 2 heterocycles. The van der Waals surface area contributed by atoms with Gasteiger partial charge in [-0.1, -0.05) is 61.0 Å². The second kappa shape index (κ2) is 9.80. The molecule has 0 aliphatic heterocycles. The Morgan fingerprint density at radius 3 is 2.68 bits per heavy atom. The summed E-state index contributed by atoms with van der Waals surface area (Å²) in [5, 5.41) is 4.87. The van der Waals surface area contributed by atoms with Crippen LogP contribution < -0.4 is 5.32 Å². The highest BCUT2D eigenvalue weighted by Gasteiger charge is 2.23. The molecule has 2 N–H and O–H groups in total. The van der Waals surface area contributed by atoms with Crippen molar-refractivity contribution < 1.29 is 4.79 Å². The Morgan fingerprint density at radius 2 is 1.90 bits per heavy atom. The molecular weight excluding hydrogens is 406 g/mol. The molecule has 4 rings (SSSR count). The SMILES string of the molecule is CCc1cccc2c(C(CC(=O)NCCc3ccccn3)c3ccccc3Cl)c[nH]c12. The Labute approximate surface area is 187 Å². The zero-order valence-corrected chi connectivity index (χ0v) is 18.3. The van der Waals surface area contributed by atoms with Crippen LogP contribution in [0.25, 0.3) is 10.9 Å². The molecule has 4 nitrogen and oxygen atoms in total. The number of aromatic amines is 1. The number of carbonyl (C=O) groups is 1. The van der Waals surface area contributed by atoms with Crippen molar-refractivity contribution in [3.05, 3.63) is 100 Å².